The molecule has 0 radical (unpaired) electrons. The van der Waals surface area contributed by atoms with Crippen molar-refractivity contribution in [3.05, 3.63) is 0 Å². The number of hydrogen-bond donors (Lipinski definition) is 0. The van der Waals surface area contributed by atoms with Crippen molar-refractivity contribution in [1.29, 1.82) is 5.26 Å². The number of nitriles is 1. The fourth-order valence-corrected chi connectivity index (χ4v) is 3.07. The first-order chi connectivity index (χ1) is 9.22. The molecule has 1 amide bonds. The van der Waals surface area contributed by atoms with Crippen LogP contribution in [-0.4, -0.2) is 23.9 Å². The zero-order chi connectivity index (χ0) is 14.1. The van der Waals surface area contributed by atoms with Crippen molar-refractivity contribution in [2.24, 2.45) is 11.8 Å². The van der Waals surface area contributed by atoms with Crippen molar-refractivity contribution in [3.63, 3.8) is 0 Å². The van der Waals surface area contributed by atoms with E-state index in [4.69, 9.17) is 5.26 Å². The van der Waals surface area contributed by atoms with Gasteiger partial charge in [0.25, 0.3) is 0 Å². The minimum absolute atomic E-state index is 0.178. The summed E-state index contributed by atoms with van der Waals surface area (Å²) in [5, 5.41) is 8.81. The third-order valence-corrected chi connectivity index (χ3v) is 4.23. The van der Waals surface area contributed by atoms with E-state index in [2.05, 4.69) is 19.9 Å². The summed E-state index contributed by atoms with van der Waals surface area (Å²) in [6.07, 6.45) is 9.29. The van der Waals surface area contributed by atoms with Crippen LogP contribution in [0.2, 0.25) is 0 Å². The van der Waals surface area contributed by atoms with Gasteiger partial charge in [-0.05, 0) is 38.0 Å². The van der Waals surface area contributed by atoms with Crippen LogP contribution >= 0.6 is 0 Å². The van der Waals surface area contributed by atoms with Crippen LogP contribution in [0.5, 0.6) is 0 Å². The Bertz CT molecular complexity index is 300. The molecule has 0 heterocycles. The van der Waals surface area contributed by atoms with E-state index < -0.39 is 0 Å². The molecule has 108 valence electrons. The molecule has 1 rings (SSSR count). The number of carbonyl (C=O) groups is 1. The molecule has 19 heavy (non-hydrogen) atoms. The van der Waals surface area contributed by atoms with Gasteiger partial charge in [0.1, 0.15) is 6.54 Å². The summed E-state index contributed by atoms with van der Waals surface area (Å²) < 4.78 is 0. The monoisotopic (exact) mass is 264 g/mol. The molecule has 3 heteroatoms. The Balaban J connectivity index is 2.40. The highest BCUT2D eigenvalue weighted by Crippen LogP contribution is 2.32. The summed E-state index contributed by atoms with van der Waals surface area (Å²) in [7, 11) is 0. The Kier molecular flexibility index (Phi) is 7.55. The van der Waals surface area contributed by atoms with Crippen LogP contribution in [0.15, 0.2) is 0 Å². The average Bonchev–Trinajstić information content (AvgIpc) is 2.44. The van der Waals surface area contributed by atoms with Gasteiger partial charge in [-0.2, -0.15) is 5.26 Å². The van der Waals surface area contributed by atoms with E-state index in [1.54, 1.807) is 4.90 Å². The van der Waals surface area contributed by atoms with E-state index in [1.807, 2.05) is 0 Å². The smallest absolute Gasteiger partial charge is 0.226 e. The molecule has 0 aliphatic heterocycles. The third-order valence-electron chi connectivity index (χ3n) is 4.23. The largest absolute Gasteiger partial charge is 0.329 e. The molecule has 0 spiro atoms. The van der Waals surface area contributed by atoms with Gasteiger partial charge in [-0.3, -0.25) is 4.79 Å². The highest BCUT2D eigenvalue weighted by atomic mass is 16.2. The second-order valence-corrected chi connectivity index (χ2v) is 5.78. The van der Waals surface area contributed by atoms with E-state index in [0.29, 0.717) is 0 Å². The Morgan fingerprint density at radius 2 is 1.89 bits per heavy atom. The van der Waals surface area contributed by atoms with Crippen LogP contribution in [0.1, 0.15) is 65.2 Å². The molecule has 0 aromatic rings. The van der Waals surface area contributed by atoms with Crippen LogP contribution in [0.25, 0.3) is 0 Å². The van der Waals surface area contributed by atoms with Crippen LogP contribution in [-0.2, 0) is 4.79 Å². The molecule has 3 nitrogen and oxygen atoms in total. The van der Waals surface area contributed by atoms with Crippen LogP contribution in [0, 0.1) is 23.2 Å². The Hall–Kier alpha value is -1.04. The molecule has 0 N–H and O–H groups in total. The number of nitrogens with zero attached hydrogens (tertiary/aromatic N) is 2. The molecule has 0 aromatic heterocycles. The summed E-state index contributed by atoms with van der Waals surface area (Å²) in [6, 6.07) is 2.11. The Morgan fingerprint density at radius 3 is 2.42 bits per heavy atom. The molecule has 0 atom stereocenters. The van der Waals surface area contributed by atoms with Crippen LogP contribution < -0.4 is 0 Å². The maximum atomic E-state index is 12.4. The quantitative estimate of drug-likeness (QED) is 0.657. The van der Waals surface area contributed by atoms with Crippen molar-refractivity contribution >= 4 is 5.91 Å². The standard InChI is InChI=1S/C16H28N2O/c1-3-5-6-14-7-9-15(10-8-14)16(19)18(12-4-2)13-11-17/h14-15H,3-10,12-13H2,1-2H3. The third kappa shape index (κ3) is 5.22. The van der Waals surface area contributed by atoms with Crippen molar-refractivity contribution in [3.8, 4) is 6.07 Å². The van der Waals surface area contributed by atoms with Gasteiger partial charge in [-0.15, -0.1) is 0 Å². The number of hydrogen-bond acceptors (Lipinski definition) is 2. The highest BCUT2D eigenvalue weighted by Gasteiger charge is 2.28. The highest BCUT2D eigenvalue weighted by molar-refractivity contribution is 5.79. The van der Waals surface area contributed by atoms with Gasteiger partial charge in [0, 0.05) is 12.5 Å². The van der Waals surface area contributed by atoms with Gasteiger partial charge < -0.3 is 4.90 Å². The van der Waals surface area contributed by atoms with E-state index in [1.165, 1.54) is 32.1 Å². The zero-order valence-electron chi connectivity index (χ0n) is 12.5. The second-order valence-electron chi connectivity index (χ2n) is 5.78. The van der Waals surface area contributed by atoms with Gasteiger partial charge in [0.15, 0.2) is 0 Å². The predicted molar refractivity (Wildman–Crippen MR) is 77.5 cm³/mol. The summed E-state index contributed by atoms with van der Waals surface area (Å²) in [6.45, 7) is 5.27. The first-order valence-electron chi connectivity index (χ1n) is 7.88. The van der Waals surface area contributed by atoms with E-state index in [-0.39, 0.29) is 18.4 Å². The van der Waals surface area contributed by atoms with Crippen molar-refractivity contribution in [2.75, 3.05) is 13.1 Å². The molecular weight excluding hydrogens is 236 g/mol. The Morgan fingerprint density at radius 1 is 1.21 bits per heavy atom. The number of amides is 1. The van der Waals surface area contributed by atoms with Crippen LogP contribution in [0.3, 0.4) is 0 Å². The molecule has 0 saturated heterocycles. The summed E-state index contributed by atoms with van der Waals surface area (Å²) >= 11 is 0. The van der Waals surface area contributed by atoms with Gasteiger partial charge in [-0.1, -0.05) is 33.1 Å². The summed E-state index contributed by atoms with van der Waals surface area (Å²) in [5.41, 5.74) is 0. The lowest BCUT2D eigenvalue weighted by atomic mass is 9.79. The van der Waals surface area contributed by atoms with Crippen molar-refractivity contribution < 1.29 is 4.79 Å². The molecule has 1 fully saturated rings. The predicted octanol–water partition coefficient (Wildman–Crippen LogP) is 3.75. The molecular formula is C16H28N2O. The molecule has 1 saturated carbocycles. The molecule has 0 aromatic carbocycles. The molecule has 0 unspecified atom stereocenters. The Labute approximate surface area is 118 Å². The maximum absolute atomic E-state index is 12.4. The first kappa shape index (κ1) is 16.0. The average molecular weight is 264 g/mol. The molecule has 1 aliphatic carbocycles. The zero-order valence-corrected chi connectivity index (χ0v) is 12.5. The topological polar surface area (TPSA) is 44.1 Å². The van der Waals surface area contributed by atoms with Gasteiger partial charge in [-0.25, -0.2) is 0 Å². The maximum Gasteiger partial charge on any atom is 0.226 e. The minimum atomic E-state index is 0.178. The van der Waals surface area contributed by atoms with Gasteiger partial charge in [0.05, 0.1) is 6.07 Å². The fourth-order valence-electron chi connectivity index (χ4n) is 3.07. The normalized spacial score (nSPS) is 22.8. The summed E-state index contributed by atoms with van der Waals surface area (Å²) in [4.78, 5) is 14.1. The van der Waals surface area contributed by atoms with E-state index >= 15 is 0 Å². The number of rotatable bonds is 7. The van der Waals surface area contributed by atoms with Crippen molar-refractivity contribution in [1.82, 2.24) is 4.90 Å². The SMILES string of the molecule is CCCCC1CCC(C(=O)N(CC#N)CCC)CC1. The van der Waals surface area contributed by atoms with Crippen molar-refractivity contribution in [2.45, 2.75) is 65.2 Å². The minimum Gasteiger partial charge on any atom is -0.329 e. The van der Waals surface area contributed by atoms with Gasteiger partial charge >= 0.3 is 0 Å². The van der Waals surface area contributed by atoms with Crippen LogP contribution in [0.4, 0.5) is 0 Å². The lowest BCUT2D eigenvalue weighted by molar-refractivity contribution is -0.136. The van der Waals surface area contributed by atoms with E-state index in [9.17, 15) is 4.79 Å². The second kappa shape index (κ2) is 8.96. The number of unbranched alkanes of at least 4 members (excludes halogenated alkanes) is 1. The molecule has 0 bridgehead atoms. The lowest BCUT2D eigenvalue weighted by Gasteiger charge is -2.31. The summed E-state index contributed by atoms with van der Waals surface area (Å²) in [5.74, 6) is 1.23. The first-order valence-corrected chi connectivity index (χ1v) is 7.88. The van der Waals surface area contributed by atoms with E-state index in [0.717, 1.165) is 31.7 Å². The number of carbonyl (C=O) groups excluding carboxylic acids is 1. The fraction of sp³-hybridized carbons (Fsp3) is 0.875. The van der Waals surface area contributed by atoms with Gasteiger partial charge in [0.2, 0.25) is 5.91 Å². The lowest BCUT2D eigenvalue weighted by Crippen LogP contribution is -2.38. The molecule has 1 aliphatic rings.